The molecule has 104 valence electrons. The number of carbonyl (C=O) groups excluding carboxylic acids is 1. The number of hydrogen-bond donors (Lipinski definition) is 0. The van der Waals surface area contributed by atoms with Gasteiger partial charge in [-0.05, 0) is 24.6 Å². The molecule has 1 aliphatic rings. The zero-order chi connectivity index (χ0) is 14.3. The monoisotopic (exact) mass is 308 g/mol. The third-order valence-corrected chi connectivity index (χ3v) is 4.00. The zero-order valence-electron chi connectivity index (χ0n) is 10.2. The van der Waals surface area contributed by atoms with E-state index in [4.69, 9.17) is 27.9 Å². The maximum Gasteiger partial charge on any atom is 0.317 e. The number of benzene rings is 1. The van der Waals surface area contributed by atoms with Gasteiger partial charge in [0.15, 0.2) is 0 Å². The van der Waals surface area contributed by atoms with Crippen LogP contribution in [0, 0.1) is 0 Å². The van der Waals surface area contributed by atoms with Crippen LogP contribution in [-0.4, -0.2) is 18.5 Å². The van der Waals surface area contributed by atoms with Crippen molar-refractivity contribution in [3.63, 3.8) is 0 Å². The van der Waals surface area contributed by atoms with Crippen molar-refractivity contribution in [1.82, 2.24) is 0 Å². The molecule has 0 atom stereocenters. The van der Waals surface area contributed by atoms with E-state index in [9.17, 15) is 13.6 Å². The van der Waals surface area contributed by atoms with Crippen LogP contribution in [0.2, 0.25) is 10.0 Å². The van der Waals surface area contributed by atoms with Crippen LogP contribution >= 0.6 is 23.2 Å². The maximum atomic E-state index is 13.2. The number of rotatable bonds is 3. The second kappa shape index (κ2) is 4.91. The van der Waals surface area contributed by atoms with Gasteiger partial charge in [0, 0.05) is 12.8 Å². The van der Waals surface area contributed by atoms with E-state index < -0.39 is 30.1 Å². The first-order valence-electron chi connectivity index (χ1n) is 5.81. The fourth-order valence-electron chi connectivity index (χ4n) is 2.36. The number of esters is 1. The molecule has 0 saturated heterocycles. The van der Waals surface area contributed by atoms with E-state index in [2.05, 4.69) is 0 Å². The SMILES string of the molecule is CCOC(=O)C1(c2ccc(Cl)c(Cl)c2)CC(F)(F)C1. The Kier molecular flexibility index (Phi) is 3.76. The number of halogens is 4. The molecule has 0 bridgehead atoms. The van der Waals surface area contributed by atoms with Crippen molar-refractivity contribution in [3.05, 3.63) is 33.8 Å². The highest BCUT2D eigenvalue weighted by Crippen LogP contribution is 2.54. The van der Waals surface area contributed by atoms with E-state index in [1.54, 1.807) is 13.0 Å². The van der Waals surface area contributed by atoms with E-state index in [1.165, 1.54) is 12.1 Å². The van der Waals surface area contributed by atoms with Gasteiger partial charge in [-0.25, -0.2) is 8.78 Å². The highest BCUT2D eigenvalue weighted by atomic mass is 35.5. The Morgan fingerprint density at radius 3 is 2.42 bits per heavy atom. The highest BCUT2D eigenvalue weighted by molar-refractivity contribution is 6.42. The molecule has 1 saturated carbocycles. The topological polar surface area (TPSA) is 26.3 Å². The number of hydrogen-bond acceptors (Lipinski definition) is 2. The Labute approximate surface area is 119 Å². The lowest BCUT2D eigenvalue weighted by Gasteiger charge is -2.45. The highest BCUT2D eigenvalue weighted by Gasteiger charge is 2.62. The molecule has 1 aliphatic carbocycles. The van der Waals surface area contributed by atoms with Crippen molar-refractivity contribution < 1.29 is 18.3 Å². The minimum absolute atomic E-state index is 0.146. The van der Waals surface area contributed by atoms with E-state index in [0.29, 0.717) is 10.6 Å². The predicted octanol–water partition coefficient (Wildman–Crippen LogP) is 4.22. The lowest BCUT2D eigenvalue weighted by atomic mass is 9.62. The summed E-state index contributed by atoms with van der Waals surface area (Å²) in [6.45, 7) is 1.78. The maximum absolute atomic E-state index is 13.2. The largest absolute Gasteiger partial charge is 0.465 e. The van der Waals surface area contributed by atoms with Gasteiger partial charge in [0.2, 0.25) is 0 Å². The number of carbonyl (C=O) groups is 1. The average Bonchev–Trinajstić information content (AvgIpc) is 2.29. The summed E-state index contributed by atoms with van der Waals surface area (Å²) in [6, 6.07) is 4.49. The van der Waals surface area contributed by atoms with Gasteiger partial charge in [0.25, 0.3) is 5.92 Å². The molecule has 1 aromatic carbocycles. The average molecular weight is 309 g/mol. The molecule has 0 radical (unpaired) electrons. The molecule has 1 aromatic rings. The van der Waals surface area contributed by atoms with E-state index in [0.717, 1.165) is 0 Å². The Balaban J connectivity index is 2.39. The molecule has 6 heteroatoms. The molecule has 2 nitrogen and oxygen atoms in total. The van der Waals surface area contributed by atoms with Crippen molar-refractivity contribution >= 4 is 29.2 Å². The minimum Gasteiger partial charge on any atom is -0.465 e. The van der Waals surface area contributed by atoms with Gasteiger partial charge in [-0.2, -0.15) is 0 Å². The van der Waals surface area contributed by atoms with Gasteiger partial charge in [0.1, 0.15) is 5.41 Å². The summed E-state index contributed by atoms with van der Waals surface area (Å²) >= 11 is 11.7. The third kappa shape index (κ3) is 2.56. The molecule has 0 spiro atoms. The molecule has 19 heavy (non-hydrogen) atoms. The molecule has 0 amide bonds. The second-order valence-corrected chi connectivity index (χ2v) is 5.46. The Morgan fingerprint density at radius 2 is 1.95 bits per heavy atom. The van der Waals surface area contributed by atoms with Crippen LogP contribution in [-0.2, 0) is 14.9 Å². The van der Waals surface area contributed by atoms with Gasteiger partial charge >= 0.3 is 5.97 Å². The summed E-state index contributed by atoms with van der Waals surface area (Å²) in [5, 5.41) is 0.550. The van der Waals surface area contributed by atoms with Crippen LogP contribution < -0.4 is 0 Å². The normalized spacial score (nSPS) is 19.6. The Bertz CT molecular complexity index is 509. The van der Waals surface area contributed by atoms with Gasteiger partial charge in [0.05, 0.1) is 16.7 Å². The number of alkyl halides is 2. The van der Waals surface area contributed by atoms with Crippen LogP contribution in [0.15, 0.2) is 18.2 Å². The second-order valence-electron chi connectivity index (χ2n) is 4.64. The smallest absolute Gasteiger partial charge is 0.317 e. The summed E-state index contributed by atoms with van der Waals surface area (Å²) < 4.78 is 31.4. The molecular formula is C13H12Cl2F2O2. The first-order chi connectivity index (χ1) is 8.81. The fourth-order valence-corrected chi connectivity index (χ4v) is 2.66. The minimum atomic E-state index is -2.85. The standard InChI is InChI=1S/C13H12Cl2F2O2/c1-2-19-11(18)12(6-13(16,17)7-12)8-3-4-9(14)10(15)5-8/h3-5H,2,6-7H2,1H3. The first-order valence-corrected chi connectivity index (χ1v) is 6.57. The van der Waals surface area contributed by atoms with Crippen LogP contribution in [0.25, 0.3) is 0 Å². The third-order valence-electron chi connectivity index (χ3n) is 3.26. The van der Waals surface area contributed by atoms with Crippen LogP contribution in [0.5, 0.6) is 0 Å². The Hall–Kier alpha value is -0.870. The van der Waals surface area contributed by atoms with Crippen LogP contribution in [0.1, 0.15) is 25.3 Å². The molecule has 0 heterocycles. The summed E-state index contributed by atoms with van der Waals surface area (Å²) in [4.78, 5) is 12.0. The predicted molar refractivity (Wildman–Crippen MR) is 69.0 cm³/mol. The zero-order valence-corrected chi connectivity index (χ0v) is 11.7. The summed E-state index contributed by atoms with van der Waals surface area (Å²) in [5.74, 6) is -3.49. The molecule has 0 aliphatic heterocycles. The van der Waals surface area contributed by atoms with Gasteiger partial charge < -0.3 is 4.74 Å². The van der Waals surface area contributed by atoms with Crippen molar-refractivity contribution in [2.45, 2.75) is 31.1 Å². The van der Waals surface area contributed by atoms with E-state index >= 15 is 0 Å². The van der Waals surface area contributed by atoms with Gasteiger partial charge in [-0.15, -0.1) is 0 Å². The van der Waals surface area contributed by atoms with E-state index in [1.807, 2.05) is 0 Å². The fraction of sp³-hybridized carbons (Fsp3) is 0.462. The molecule has 0 N–H and O–H groups in total. The van der Waals surface area contributed by atoms with E-state index in [-0.39, 0.29) is 11.6 Å². The Morgan fingerprint density at radius 1 is 1.32 bits per heavy atom. The first kappa shape index (κ1) is 14.5. The molecule has 0 unspecified atom stereocenters. The quantitative estimate of drug-likeness (QED) is 0.781. The lowest BCUT2D eigenvalue weighted by Crippen LogP contribution is -2.55. The van der Waals surface area contributed by atoms with Gasteiger partial charge in [-0.1, -0.05) is 29.3 Å². The van der Waals surface area contributed by atoms with Crippen molar-refractivity contribution in [2.24, 2.45) is 0 Å². The summed E-state index contributed by atoms with van der Waals surface area (Å²) in [6.07, 6.45) is -1.12. The number of ether oxygens (including phenoxy) is 1. The van der Waals surface area contributed by atoms with Gasteiger partial charge in [-0.3, -0.25) is 4.79 Å². The molecule has 1 fully saturated rings. The molecule has 0 aromatic heterocycles. The molecular weight excluding hydrogens is 297 g/mol. The molecule has 2 rings (SSSR count). The summed E-state index contributed by atoms with van der Waals surface area (Å²) in [5.41, 5.74) is -0.889. The van der Waals surface area contributed by atoms with Crippen LogP contribution in [0.3, 0.4) is 0 Å². The van der Waals surface area contributed by atoms with Crippen LogP contribution in [0.4, 0.5) is 8.78 Å². The van der Waals surface area contributed by atoms with Crippen molar-refractivity contribution in [1.29, 1.82) is 0 Å². The van der Waals surface area contributed by atoms with Crippen molar-refractivity contribution in [2.75, 3.05) is 6.61 Å². The summed E-state index contributed by atoms with van der Waals surface area (Å²) in [7, 11) is 0. The van der Waals surface area contributed by atoms with Crippen molar-refractivity contribution in [3.8, 4) is 0 Å². The lowest BCUT2D eigenvalue weighted by molar-refractivity contribution is -0.179.